The number of hydrogen-bond donors (Lipinski definition) is 2. The molecular formula is C24H24ClN5O2S. The topological polar surface area (TPSA) is 97.3 Å². The molecule has 3 aromatic rings. The van der Waals surface area contributed by atoms with Gasteiger partial charge in [0.25, 0.3) is 5.56 Å². The number of benzene rings is 1. The van der Waals surface area contributed by atoms with Crippen LogP contribution in [0.3, 0.4) is 0 Å². The Morgan fingerprint density at radius 1 is 1.33 bits per heavy atom. The molecule has 33 heavy (non-hydrogen) atoms. The highest BCUT2D eigenvalue weighted by atomic mass is 35.5. The Bertz CT molecular complexity index is 1330. The van der Waals surface area contributed by atoms with E-state index in [1.54, 1.807) is 47.3 Å². The molecule has 0 unspecified atom stereocenters. The summed E-state index contributed by atoms with van der Waals surface area (Å²) in [7, 11) is 1.74. The molecule has 1 aromatic carbocycles. The third-order valence-electron chi connectivity index (χ3n) is 6.85. The summed E-state index contributed by atoms with van der Waals surface area (Å²) >= 11 is 7.53. The van der Waals surface area contributed by atoms with Gasteiger partial charge in [-0.1, -0.05) is 29.5 Å². The van der Waals surface area contributed by atoms with Crippen LogP contribution in [0.4, 0.5) is 5.95 Å². The number of aromatic nitrogens is 3. The van der Waals surface area contributed by atoms with Crippen LogP contribution in [0.15, 0.2) is 34.7 Å². The van der Waals surface area contributed by atoms with E-state index >= 15 is 0 Å². The van der Waals surface area contributed by atoms with E-state index in [9.17, 15) is 9.90 Å². The van der Waals surface area contributed by atoms with Gasteiger partial charge in [0.2, 0.25) is 5.95 Å². The number of fused-ring (bicyclic) bond motifs is 1. The molecule has 1 spiro atoms. The molecule has 0 bridgehead atoms. The van der Waals surface area contributed by atoms with Gasteiger partial charge in [0.05, 0.1) is 28.5 Å². The second kappa shape index (κ2) is 8.49. The summed E-state index contributed by atoms with van der Waals surface area (Å²) in [5.41, 5.74) is 10.6. The van der Waals surface area contributed by atoms with E-state index in [-0.39, 0.29) is 22.8 Å². The lowest BCUT2D eigenvalue weighted by molar-refractivity contribution is 0.185. The number of nitrogens with two attached hydrogens (primary N) is 1. The maximum atomic E-state index is 12.9. The second-order valence-corrected chi connectivity index (χ2v) is 10.1. The normalized spacial score (nSPS) is 18.8. The zero-order valence-electron chi connectivity index (χ0n) is 18.2. The Labute approximate surface area is 200 Å². The highest BCUT2D eigenvalue weighted by Crippen LogP contribution is 2.51. The van der Waals surface area contributed by atoms with Crippen molar-refractivity contribution >= 4 is 28.9 Å². The molecule has 1 fully saturated rings. The molecule has 1 aliphatic heterocycles. The van der Waals surface area contributed by atoms with Crippen LogP contribution in [0, 0.1) is 17.3 Å². The van der Waals surface area contributed by atoms with Gasteiger partial charge in [0.1, 0.15) is 11.3 Å². The molecule has 3 heterocycles. The van der Waals surface area contributed by atoms with Gasteiger partial charge in [-0.25, -0.2) is 9.97 Å². The van der Waals surface area contributed by atoms with Crippen LogP contribution in [0.1, 0.15) is 40.6 Å². The summed E-state index contributed by atoms with van der Waals surface area (Å²) in [6.07, 6.45) is 4.83. The average molecular weight is 482 g/mol. The van der Waals surface area contributed by atoms with E-state index in [0.717, 1.165) is 43.6 Å². The van der Waals surface area contributed by atoms with E-state index in [1.807, 2.05) is 5.51 Å². The van der Waals surface area contributed by atoms with Crippen molar-refractivity contribution in [2.24, 2.45) is 18.2 Å². The summed E-state index contributed by atoms with van der Waals surface area (Å²) in [5, 5.41) is 10.0. The molecule has 9 heteroatoms. The fourth-order valence-corrected chi connectivity index (χ4v) is 5.93. The SMILES string of the molecule is Cn1c(N2CCC3(CC2)Cc2scnc2[C@H]3N)ncc(C#CCc2ccc(Cl)c(O)c2)c1=O. The van der Waals surface area contributed by atoms with Gasteiger partial charge in [0, 0.05) is 31.4 Å². The minimum absolute atomic E-state index is 0.0159. The van der Waals surface area contributed by atoms with Gasteiger partial charge in [-0.3, -0.25) is 9.36 Å². The van der Waals surface area contributed by atoms with Gasteiger partial charge >= 0.3 is 0 Å². The zero-order valence-corrected chi connectivity index (χ0v) is 19.8. The van der Waals surface area contributed by atoms with E-state index < -0.39 is 0 Å². The molecule has 2 aromatic heterocycles. The van der Waals surface area contributed by atoms with Crippen LogP contribution in [-0.4, -0.2) is 32.7 Å². The van der Waals surface area contributed by atoms with Crippen molar-refractivity contribution in [3.05, 3.63) is 67.0 Å². The standard InChI is InChI=1S/C24H24ClN5O2S/c1-29-22(32)16(4-2-3-15-5-6-17(25)18(31)11-15)13-27-23(29)30-9-7-24(8-10-30)12-19-20(21(24)26)28-14-33-19/h5-6,11,13-14,21,31H,3,7-10,12,26H2,1H3/t21-/m1/s1. The maximum Gasteiger partial charge on any atom is 0.270 e. The molecule has 1 saturated heterocycles. The van der Waals surface area contributed by atoms with Gasteiger partial charge in [-0.2, -0.15) is 0 Å². The fraction of sp³-hybridized carbons (Fsp3) is 0.375. The molecule has 0 amide bonds. The van der Waals surface area contributed by atoms with Crippen LogP contribution in [0.5, 0.6) is 5.75 Å². The second-order valence-electron chi connectivity index (χ2n) is 8.77. The van der Waals surface area contributed by atoms with E-state index in [2.05, 4.69) is 26.7 Å². The number of nitrogens with zero attached hydrogens (tertiary/aromatic N) is 4. The maximum absolute atomic E-state index is 12.9. The molecular weight excluding hydrogens is 458 g/mol. The van der Waals surface area contributed by atoms with Crippen molar-refractivity contribution in [2.45, 2.75) is 31.7 Å². The van der Waals surface area contributed by atoms with Crippen molar-refractivity contribution in [2.75, 3.05) is 18.0 Å². The molecule has 7 nitrogen and oxygen atoms in total. The number of thiazole rings is 1. The van der Waals surface area contributed by atoms with Crippen molar-refractivity contribution in [3.63, 3.8) is 0 Å². The smallest absolute Gasteiger partial charge is 0.270 e. The number of anilines is 1. The Morgan fingerprint density at radius 2 is 2.12 bits per heavy atom. The van der Waals surface area contributed by atoms with Crippen LogP contribution in [0.2, 0.25) is 5.02 Å². The number of aromatic hydroxyl groups is 1. The first-order valence-corrected chi connectivity index (χ1v) is 12.1. The van der Waals surface area contributed by atoms with Gasteiger partial charge in [-0.05, 0) is 42.4 Å². The first kappa shape index (κ1) is 22.0. The van der Waals surface area contributed by atoms with Crippen LogP contribution < -0.4 is 16.2 Å². The molecule has 0 radical (unpaired) electrons. The monoisotopic (exact) mass is 481 g/mol. The highest BCUT2D eigenvalue weighted by Gasteiger charge is 2.47. The van der Waals surface area contributed by atoms with Crippen molar-refractivity contribution in [3.8, 4) is 17.6 Å². The number of piperidine rings is 1. The van der Waals surface area contributed by atoms with Crippen LogP contribution in [-0.2, 0) is 19.9 Å². The number of phenols is 1. The first-order chi connectivity index (χ1) is 15.9. The first-order valence-electron chi connectivity index (χ1n) is 10.8. The van der Waals surface area contributed by atoms with Crippen molar-refractivity contribution in [1.82, 2.24) is 14.5 Å². The van der Waals surface area contributed by atoms with Gasteiger partial charge in [0.15, 0.2) is 0 Å². The van der Waals surface area contributed by atoms with Crippen LogP contribution >= 0.6 is 22.9 Å². The predicted octanol–water partition coefficient (Wildman–Crippen LogP) is 3.03. The Morgan fingerprint density at radius 3 is 2.85 bits per heavy atom. The number of hydrogen-bond acceptors (Lipinski definition) is 7. The minimum atomic E-state index is -0.171. The van der Waals surface area contributed by atoms with Crippen LogP contribution in [0.25, 0.3) is 0 Å². The quantitative estimate of drug-likeness (QED) is 0.546. The molecule has 0 saturated carbocycles. The van der Waals surface area contributed by atoms with Crippen molar-refractivity contribution < 1.29 is 5.11 Å². The number of halogens is 1. The summed E-state index contributed by atoms with van der Waals surface area (Å²) in [5.74, 6) is 6.58. The largest absolute Gasteiger partial charge is 0.506 e. The molecule has 2 aliphatic rings. The van der Waals surface area contributed by atoms with Gasteiger partial charge in [-0.15, -0.1) is 11.3 Å². The van der Waals surface area contributed by atoms with Gasteiger partial charge < -0.3 is 15.7 Å². The third-order valence-corrected chi connectivity index (χ3v) is 8.02. The molecule has 3 N–H and O–H groups in total. The average Bonchev–Trinajstić information content (AvgIpc) is 3.36. The number of phenolic OH excluding ortho intramolecular Hbond substituents is 1. The molecule has 170 valence electrons. The summed E-state index contributed by atoms with van der Waals surface area (Å²) in [6, 6.07) is 4.98. The molecule has 1 atom stereocenters. The Kier molecular flexibility index (Phi) is 5.65. The van der Waals surface area contributed by atoms with Crippen molar-refractivity contribution in [1.29, 1.82) is 0 Å². The summed E-state index contributed by atoms with van der Waals surface area (Å²) < 4.78 is 1.57. The van der Waals surface area contributed by atoms with E-state index in [4.69, 9.17) is 17.3 Å². The third kappa shape index (κ3) is 3.90. The summed E-state index contributed by atoms with van der Waals surface area (Å²) in [6.45, 7) is 1.60. The Hall–Kier alpha value is -2.86. The zero-order chi connectivity index (χ0) is 23.2. The Balaban J connectivity index is 1.28. The highest BCUT2D eigenvalue weighted by molar-refractivity contribution is 7.09. The fourth-order valence-electron chi connectivity index (χ4n) is 4.85. The van der Waals surface area contributed by atoms with E-state index in [0.29, 0.717) is 23.0 Å². The lowest BCUT2D eigenvalue weighted by Gasteiger charge is -2.42. The number of rotatable bonds is 2. The van der Waals surface area contributed by atoms with E-state index in [1.165, 1.54) is 4.88 Å². The molecule has 5 rings (SSSR count). The lowest BCUT2D eigenvalue weighted by Crippen LogP contribution is -2.46. The predicted molar refractivity (Wildman–Crippen MR) is 130 cm³/mol. The molecule has 1 aliphatic carbocycles. The minimum Gasteiger partial charge on any atom is -0.506 e. The summed E-state index contributed by atoms with van der Waals surface area (Å²) in [4.78, 5) is 25.4. The lowest BCUT2D eigenvalue weighted by atomic mass is 9.74.